The average Bonchev–Trinajstić information content (AvgIpc) is 2.44. The smallest absolute Gasteiger partial charge is 1.00 e. The Bertz CT molecular complexity index is 152. The third-order valence-corrected chi connectivity index (χ3v) is 0.859. The van der Waals surface area contributed by atoms with Gasteiger partial charge in [0, 0.05) is 0 Å². The van der Waals surface area contributed by atoms with E-state index in [1.54, 1.807) is 6.08 Å². The predicted octanol–water partition coefficient (Wildman–Crippen LogP) is -3.04. The van der Waals surface area contributed by atoms with Crippen LogP contribution in [0.2, 0.25) is 0 Å². The van der Waals surface area contributed by atoms with Crippen LogP contribution in [-0.2, 0) is 18.6 Å². The molecule has 0 heterocycles. The van der Waals surface area contributed by atoms with Gasteiger partial charge in [0.15, 0.2) is 0 Å². The second kappa shape index (κ2) is 22.7. The van der Waals surface area contributed by atoms with Gasteiger partial charge in [-0.25, -0.2) is 24.3 Å². The summed E-state index contributed by atoms with van der Waals surface area (Å²) in [6.45, 7) is 6.85. The molecule has 0 fully saturated rings. The van der Waals surface area contributed by atoms with Crippen LogP contribution in [-0.4, -0.2) is 0 Å². The van der Waals surface area contributed by atoms with E-state index in [0.29, 0.717) is 0 Å². The molecule has 0 aliphatic carbocycles. The fourth-order valence-electron chi connectivity index (χ4n) is 0.432. The van der Waals surface area contributed by atoms with Gasteiger partial charge in [0.1, 0.15) is 0 Å². The van der Waals surface area contributed by atoms with Gasteiger partial charge in [-0.1, -0.05) is 6.92 Å². The number of halogens is 2. The van der Waals surface area contributed by atoms with Crippen molar-refractivity contribution in [1.82, 2.24) is 0 Å². The van der Waals surface area contributed by atoms with Gasteiger partial charge < -0.3 is 24.8 Å². The molecule has 0 aromatic heterocycles. The van der Waals surface area contributed by atoms with Crippen molar-refractivity contribution < 1.29 is 43.4 Å². The second-order valence-electron chi connectivity index (χ2n) is 1.68. The van der Waals surface area contributed by atoms with Gasteiger partial charge in [0.25, 0.3) is 0 Å². The quantitative estimate of drug-likeness (QED) is 0.369. The van der Waals surface area contributed by atoms with E-state index in [0.717, 1.165) is 0 Å². The largest absolute Gasteiger partial charge is 4.00 e. The van der Waals surface area contributed by atoms with E-state index in [-0.39, 0.29) is 43.4 Å². The van der Waals surface area contributed by atoms with Crippen molar-refractivity contribution >= 4 is 0 Å². The first-order chi connectivity index (χ1) is 4.91. The molecule has 1 aromatic rings. The molecular formula is C10H12Cl2V. The Labute approximate surface area is 105 Å². The molecule has 0 N–H and O–H groups in total. The molecule has 1 aromatic carbocycles. The molecule has 0 nitrogen and oxygen atoms in total. The molecule has 1 radical (unpaired) electrons. The van der Waals surface area contributed by atoms with Crippen LogP contribution in [0.3, 0.4) is 0 Å². The molecule has 1 rings (SSSR count). The van der Waals surface area contributed by atoms with Crippen LogP contribution in [0.4, 0.5) is 0 Å². The van der Waals surface area contributed by atoms with E-state index in [1.807, 2.05) is 43.3 Å². The number of hydrogen-bond donors (Lipinski definition) is 0. The normalized spacial score (nSPS) is 6.54. The van der Waals surface area contributed by atoms with E-state index in [9.17, 15) is 0 Å². The Kier molecular flexibility index (Phi) is 40.3. The monoisotopic (exact) mass is 253 g/mol. The third-order valence-electron chi connectivity index (χ3n) is 0.859. The SMILES string of the molecule is [CH-]=CC=CC.[Cl-].[Cl-].[V+4].c1cc[cH-]c1. The fraction of sp³-hybridized carbons (Fsp3) is 0.100. The molecule has 3 heteroatoms. The van der Waals surface area contributed by atoms with Gasteiger partial charge in [-0.2, -0.15) is 24.3 Å². The van der Waals surface area contributed by atoms with Crippen LogP contribution in [0.1, 0.15) is 6.92 Å². The van der Waals surface area contributed by atoms with Gasteiger partial charge in [0.05, 0.1) is 0 Å². The summed E-state index contributed by atoms with van der Waals surface area (Å²) in [5.74, 6) is 0. The molecule has 0 saturated heterocycles. The van der Waals surface area contributed by atoms with Crippen molar-refractivity contribution in [3.05, 3.63) is 55.1 Å². The van der Waals surface area contributed by atoms with Crippen LogP contribution in [0, 0.1) is 6.58 Å². The summed E-state index contributed by atoms with van der Waals surface area (Å²) in [5.41, 5.74) is 0. The van der Waals surface area contributed by atoms with Crippen LogP contribution in [0.5, 0.6) is 0 Å². The zero-order chi connectivity index (χ0) is 7.66. The minimum atomic E-state index is 0. The third kappa shape index (κ3) is 24.5. The first-order valence-electron chi connectivity index (χ1n) is 3.24. The maximum Gasteiger partial charge on any atom is 4.00 e. The minimum absolute atomic E-state index is 0. The molecule has 0 spiro atoms. The minimum Gasteiger partial charge on any atom is -1.00 e. The summed E-state index contributed by atoms with van der Waals surface area (Å²) < 4.78 is 0. The molecular weight excluding hydrogens is 242 g/mol. The van der Waals surface area contributed by atoms with Gasteiger partial charge >= 0.3 is 18.6 Å². The molecule has 0 atom stereocenters. The Hall–Kier alpha value is -0.00558. The van der Waals surface area contributed by atoms with Crippen LogP contribution in [0.25, 0.3) is 0 Å². The second-order valence-corrected chi connectivity index (χ2v) is 1.68. The van der Waals surface area contributed by atoms with E-state index in [2.05, 4.69) is 0 Å². The van der Waals surface area contributed by atoms with Crippen molar-refractivity contribution in [2.75, 3.05) is 0 Å². The van der Waals surface area contributed by atoms with Crippen molar-refractivity contribution in [1.29, 1.82) is 0 Å². The van der Waals surface area contributed by atoms with E-state index in [4.69, 9.17) is 6.58 Å². The molecule has 0 amide bonds. The standard InChI is InChI=1S/C5H5.C5H7.2ClH.V/c1-2-4-5-3-1;1-3-5-4-2;;;/h1-5H;1,3-5H,2H3;2*1H;/q2*-1;;;+4/p-2. The zero-order valence-corrected chi connectivity index (χ0v) is 10.3. The van der Waals surface area contributed by atoms with Crippen molar-refractivity contribution in [3.63, 3.8) is 0 Å². The van der Waals surface area contributed by atoms with E-state index < -0.39 is 0 Å². The fourth-order valence-corrected chi connectivity index (χ4v) is 0.432. The molecule has 0 bridgehead atoms. The molecule has 0 saturated carbocycles. The first-order valence-corrected chi connectivity index (χ1v) is 3.24. The predicted molar refractivity (Wildman–Crippen MR) is 45.7 cm³/mol. The van der Waals surface area contributed by atoms with Gasteiger partial charge in [-0.05, 0) is 0 Å². The van der Waals surface area contributed by atoms with Crippen LogP contribution in [0.15, 0.2) is 48.6 Å². The van der Waals surface area contributed by atoms with Gasteiger partial charge in [0.2, 0.25) is 0 Å². The average molecular weight is 254 g/mol. The summed E-state index contributed by atoms with van der Waals surface area (Å²) in [6.07, 6.45) is 5.15. The summed E-state index contributed by atoms with van der Waals surface area (Å²) in [4.78, 5) is 0. The topological polar surface area (TPSA) is 0 Å². The Morgan fingerprint density at radius 3 is 1.69 bits per heavy atom. The van der Waals surface area contributed by atoms with E-state index >= 15 is 0 Å². The van der Waals surface area contributed by atoms with Crippen molar-refractivity contribution in [3.8, 4) is 0 Å². The van der Waals surface area contributed by atoms with Gasteiger partial charge in [-0.15, -0.1) is 0 Å². The molecule has 0 aliphatic rings. The Morgan fingerprint density at radius 2 is 1.62 bits per heavy atom. The summed E-state index contributed by atoms with van der Waals surface area (Å²) in [5, 5.41) is 0. The Balaban J connectivity index is -0.0000000506. The van der Waals surface area contributed by atoms with Crippen LogP contribution < -0.4 is 24.8 Å². The van der Waals surface area contributed by atoms with Crippen LogP contribution >= 0.6 is 0 Å². The number of hydrogen-bond acceptors (Lipinski definition) is 0. The maximum absolute atomic E-state index is 4.93. The molecule has 0 unspecified atom stereocenters. The first kappa shape index (κ1) is 23.1. The van der Waals surface area contributed by atoms with Crippen molar-refractivity contribution in [2.24, 2.45) is 0 Å². The van der Waals surface area contributed by atoms with E-state index in [1.165, 1.54) is 6.08 Å². The molecule has 0 aliphatic heterocycles. The summed E-state index contributed by atoms with van der Waals surface area (Å²) in [6, 6.07) is 10.0. The summed E-state index contributed by atoms with van der Waals surface area (Å²) in [7, 11) is 0. The van der Waals surface area contributed by atoms with Gasteiger partial charge in [-0.3, -0.25) is 6.58 Å². The Morgan fingerprint density at radius 1 is 1.15 bits per heavy atom. The number of rotatable bonds is 1. The summed E-state index contributed by atoms with van der Waals surface area (Å²) >= 11 is 0. The maximum atomic E-state index is 4.93. The molecule has 13 heavy (non-hydrogen) atoms. The van der Waals surface area contributed by atoms with Crippen molar-refractivity contribution in [2.45, 2.75) is 6.92 Å². The zero-order valence-electron chi connectivity index (χ0n) is 7.40. The molecule has 71 valence electrons. The number of allylic oxidation sites excluding steroid dienone is 3.